The van der Waals surface area contributed by atoms with Crippen molar-refractivity contribution < 1.29 is 4.74 Å². The molecule has 0 aliphatic heterocycles. The molecule has 0 amide bonds. The van der Waals surface area contributed by atoms with E-state index < -0.39 is 0 Å². The van der Waals surface area contributed by atoms with E-state index in [2.05, 4.69) is 24.9 Å². The fourth-order valence-corrected chi connectivity index (χ4v) is 1.10. The molecule has 0 spiro atoms. The predicted octanol–water partition coefficient (Wildman–Crippen LogP) is 2.52. The van der Waals surface area contributed by atoms with E-state index in [0.29, 0.717) is 11.8 Å². The highest BCUT2D eigenvalue weighted by molar-refractivity contribution is 5.26. The molecule has 0 radical (unpaired) electrons. The van der Waals surface area contributed by atoms with Gasteiger partial charge in [0.05, 0.1) is 7.11 Å². The summed E-state index contributed by atoms with van der Waals surface area (Å²) in [7, 11) is 1.64. The first-order chi connectivity index (χ1) is 5.63. The summed E-state index contributed by atoms with van der Waals surface area (Å²) in [5.41, 5.74) is 2.29. The van der Waals surface area contributed by atoms with Gasteiger partial charge in [-0.2, -0.15) is 0 Å². The van der Waals surface area contributed by atoms with Gasteiger partial charge in [-0.15, -0.1) is 0 Å². The molecule has 0 bridgehead atoms. The molecule has 0 N–H and O–H groups in total. The van der Waals surface area contributed by atoms with Crippen LogP contribution in [0.15, 0.2) is 12.1 Å². The molecule has 1 heterocycles. The Hall–Kier alpha value is -1.05. The Morgan fingerprint density at radius 2 is 2.00 bits per heavy atom. The van der Waals surface area contributed by atoms with Gasteiger partial charge in [0.15, 0.2) is 0 Å². The number of hydrogen-bond acceptors (Lipinski definition) is 2. The van der Waals surface area contributed by atoms with E-state index in [1.165, 1.54) is 5.56 Å². The first-order valence-electron chi connectivity index (χ1n) is 4.16. The number of aromatic nitrogens is 1. The van der Waals surface area contributed by atoms with Gasteiger partial charge in [0, 0.05) is 11.8 Å². The molecule has 0 saturated heterocycles. The Kier molecular flexibility index (Phi) is 2.69. The zero-order valence-corrected chi connectivity index (χ0v) is 8.09. The fraction of sp³-hybridized carbons (Fsp3) is 0.500. The van der Waals surface area contributed by atoms with Gasteiger partial charge in [-0.1, -0.05) is 13.8 Å². The number of pyridine rings is 1. The zero-order valence-electron chi connectivity index (χ0n) is 8.09. The summed E-state index contributed by atoms with van der Waals surface area (Å²) in [5.74, 6) is 1.24. The SMILES string of the molecule is COc1cc(C(C)C)cc(C)n1. The lowest BCUT2D eigenvalue weighted by atomic mass is 10.0. The molecule has 1 aromatic heterocycles. The standard InChI is InChI=1S/C10H15NO/c1-7(2)9-5-8(3)11-10(6-9)12-4/h5-7H,1-4H3. The van der Waals surface area contributed by atoms with Crippen LogP contribution in [-0.2, 0) is 0 Å². The molecule has 0 aromatic carbocycles. The van der Waals surface area contributed by atoms with E-state index >= 15 is 0 Å². The van der Waals surface area contributed by atoms with Crippen molar-refractivity contribution in [1.29, 1.82) is 0 Å². The van der Waals surface area contributed by atoms with Crippen LogP contribution in [0, 0.1) is 6.92 Å². The highest BCUT2D eigenvalue weighted by Crippen LogP contribution is 2.19. The maximum Gasteiger partial charge on any atom is 0.213 e. The zero-order chi connectivity index (χ0) is 9.14. The van der Waals surface area contributed by atoms with Gasteiger partial charge in [0.2, 0.25) is 5.88 Å². The Balaban J connectivity index is 3.06. The molecule has 1 rings (SSSR count). The molecule has 0 aliphatic carbocycles. The molecule has 0 unspecified atom stereocenters. The van der Waals surface area contributed by atoms with Crippen molar-refractivity contribution in [3.05, 3.63) is 23.4 Å². The first-order valence-corrected chi connectivity index (χ1v) is 4.16. The minimum absolute atomic E-state index is 0.528. The van der Waals surface area contributed by atoms with Crippen LogP contribution < -0.4 is 4.74 Å². The topological polar surface area (TPSA) is 22.1 Å². The lowest BCUT2D eigenvalue weighted by Gasteiger charge is -2.07. The molecule has 0 fully saturated rings. The minimum atomic E-state index is 0.528. The Labute approximate surface area is 73.6 Å². The molecule has 12 heavy (non-hydrogen) atoms. The summed E-state index contributed by atoms with van der Waals surface area (Å²) < 4.78 is 5.07. The lowest BCUT2D eigenvalue weighted by Crippen LogP contribution is -1.94. The second-order valence-electron chi connectivity index (χ2n) is 3.24. The predicted molar refractivity (Wildman–Crippen MR) is 49.6 cm³/mol. The van der Waals surface area contributed by atoms with Gasteiger partial charge in [-0.05, 0) is 24.5 Å². The number of methoxy groups -OCH3 is 1. The molecular formula is C10H15NO. The van der Waals surface area contributed by atoms with Gasteiger partial charge < -0.3 is 4.74 Å². The average molecular weight is 165 g/mol. The van der Waals surface area contributed by atoms with E-state index in [4.69, 9.17) is 4.74 Å². The smallest absolute Gasteiger partial charge is 0.213 e. The highest BCUT2D eigenvalue weighted by atomic mass is 16.5. The van der Waals surface area contributed by atoms with Crippen LogP contribution in [0.25, 0.3) is 0 Å². The number of ether oxygens (including phenoxy) is 1. The largest absolute Gasteiger partial charge is 0.481 e. The Morgan fingerprint density at radius 1 is 1.33 bits per heavy atom. The van der Waals surface area contributed by atoms with E-state index in [-0.39, 0.29) is 0 Å². The summed E-state index contributed by atoms with van der Waals surface area (Å²) in [4.78, 5) is 4.21. The van der Waals surface area contributed by atoms with Crippen LogP contribution in [0.3, 0.4) is 0 Å². The second-order valence-corrected chi connectivity index (χ2v) is 3.24. The summed E-state index contributed by atoms with van der Waals surface area (Å²) in [6.45, 7) is 6.30. The van der Waals surface area contributed by atoms with Gasteiger partial charge >= 0.3 is 0 Å². The van der Waals surface area contributed by atoms with Crippen molar-refractivity contribution in [2.24, 2.45) is 0 Å². The van der Waals surface area contributed by atoms with Crippen molar-refractivity contribution in [2.45, 2.75) is 26.7 Å². The van der Waals surface area contributed by atoms with Crippen molar-refractivity contribution in [1.82, 2.24) is 4.98 Å². The van der Waals surface area contributed by atoms with E-state index in [0.717, 1.165) is 5.69 Å². The minimum Gasteiger partial charge on any atom is -0.481 e. The van der Waals surface area contributed by atoms with Crippen molar-refractivity contribution >= 4 is 0 Å². The van der Waals surface area contributed by atoms with Crippen molar-refractivity contribution in [3.8, 4) is 5.88 Å². The second kappa shape index (κ2) is 3.57. The lowest BCUT2D eigenvalue weighted by molar-refractivity contribution is 0.396. The number of nitrogens with zero attached hydrogens (tertiary/aromatic N) is 1. The van der Waals surface area contributed by atoms with E-state index in [9.17, 15) is 0 Å². The van der Waals surface area contributed by atoms with Crippen molar-refractivity contribution in [3.63, 3.8) is 0 Å². The fourth-order valence-electron chi connectivity index (χ4n) is 1.10. The van der Waals surface area contributed by atoms with Crippen molar-refractivity contribution in [2.75, 3.05) is 7.11 Å². The maximum atomic E-state index is 5.07. The molecule has 2 heteroatoms. The number of aryl methyl sites for hydroxylation is 1. The van der Waals surface area contributed by atoms with E-state index in [1.807, 2.05) is 13.0 Å². The van der Waals surface area contributed by atoms with Crippen LogP contribution in [-0.4, -0.2) is 12.1 Å². The summed E-state index contributed by atoms with van der Waals surface area (Å²) in [6.07, 6.45) is 0. The van der Waals surface area contributed by atoms with Crippen LogP contribution in [0.5, 0.6) is 5.88 Å². The third kappa shape index (κ3) is 1.97. The monoisotopic (exact) mass is 165 g/mol. The van der Waals surface area contributed by atoms with Crippen LogP contribution >= 0.6 is 0 Å². The molecular weight excluding hydrogens is 150 g/mol. The first kappa shape index (κ1) is 9.04. The summed E-state index contributed by atoms with van der Waals surface area (Å²) >= 11 is 0. The third-order valence-electron chi connectivity index (χ3n) is 1.83. The van der Waals surface area contributed by atoms with Crippen LogP contribution in [0.4, 0.5) is 0 Å². The van der Waals surface area contributed by atoms with Crippen LogP contribution in [0.2, 0.25) is 0 Å². The summed E-state index contributed by atoms with van der Waals surface area (Å²) in [6, 6.07) is 4.07. The summed E-state index contributed by atoms with van der Waals surface area (Å²) in [5, 5.41) is 0. The molecule has 66 valence electrons. The van der Waals surface area contributed by atoms with Gasteiger partial charge in [-0.25, -0.2) is 4.98 Å². The highest BCUT2D eigenvalue weighted by Gasteiger charge is 2.02. The number of hydrogen-bond donors (Lipinski definition) is 0. The van der Waals surface area contributed by atoms with Gasteiger partial charge in [0.25, 0.3) is 0 Å². The third-order valence-corrected chi connectivity index (χ3v) is 1.83. The molecule has 0 saturated carbocycles. The van der Waals surface area contributed by atoms with Gasteiger partial charge in [0.1, 0.15) is 0 Å². The quantitative estimate of drug-likeness (QED) is 0.671. The Bertz CT molecular complexity index is 269. The Morgan fingerprint density at radius 3 is 2.50 bits per heavy atom. The molecule has 1 aromatic rings. The molecule has 2 nitrogen and oxygen atoms in total. The van der Waals surface area contributed by atoms with Gasteiger partial charge in [-0.3, -0.25) is 0 Å². The molecule has 0 atom stereocenters. The molecule has 0 aliphatic rings. The maximum absolute atomic E-state index is 5.07. The van der Waals surface area contributed by atoms with E-state index in [1.54, 1.807) is 7.11 Å². The van der Waals surface area contributed by atoms with Crippen LogP contribution in [0.1, 0.15) is 31.0 Å². The average Bonchev–Trinajstić information content (AvgIpc) is 2.03. The number of rotatable bonds is 2. The normalized spacial score (nSPS) is 10.4.